The average Bonchev–Trinajstić information content (AvgIpc) is 2.21. The molecular formula is C15H28. The van der Waals surface area contributed by atoms with E-state index in [1.54, 1.807) is 0 Å². The highest BCUT2D eigenvalue weighted by atomic mass is 14.1. The van der Waals surface area contributed by atoms with E-state index in [2.05, 4.69) is 52.0 Å². The van der Waals surface area contributed by atoms with Crippen LogP contribution in [0.1, 0.15) is 71.9 Å². The predicted octanol–water partition coefficient (Wildman–Crippen LogP) is 5.60. The lowest BCUT2D eigenvalue weighted by Crippen LogP contribution is -1.90. The van der Waals surface area contributed by atoms with Crippen molar-refractivity contribution in [3.63, 3.8) is 0 Å². The summed E-state index contributed by atoms with van der Waals surface area (Å²) in [6.45, 7) is 12.9. The summed E-state index contributed by atoms with van der Waals surface area (Å²) in [4.78, 5) is 0. The van der Waals surface area contributed by atoms with Crippen LogP contribution in [-0.2, 0) is 0 Å². The maximum atomic E-state index is 2.24. The van der Waals surface area contributed by atoms with Crippen LogP contribution in [-0.4, -0.2) is 0 Å². The smallest absolute Gasteiger partial charge is 0.0219 e. The van der Waals surface area contributed by atoms with Crippen LogP contribution in [0.25, 0.3) is 0 Å². The molecule has 0 radical (unpaired) electrons. The molecule has 0 saturated heterocycles. The molecule has 0 saturated carbocycles. The van der Waals surface area contributed by atoms with Crippen LogP contribution in [0.2, 0.25) is 0 Å². The second-order valence-corrected chi connectivity index (χ2v) is 3.98. The molecule has 1 aromatic carbocycles. The average molecular weight is 208 g/mol. The van der Waals surface area contributed by atoms with Crippen molar-refractivity contribution in [2.24, 2.45) is 0 Å². The second kappa shape index (κ2) is 8.52. The van der Waals surface area contributed by atoms with Gasteiger partial charge in [0.25, 0.3) is 0 Å². The fourth-order valence-electron chi connectivity index (χ4n) is 1.27. The summed E-state index contributed by atoms with van der Waals surface area (Å²) in [5.41, 5.74) is 2.86. The molecule has 0 aliphatic rings. The fourth-order valence-corrected chi connectivity index (χ4v) is 1.27. The maximum absolute atomic E-state index is 2.24. The van der Waals surface area contributed by atoms with Crippen LogP contribution in [0, 0.1) is 0 Å². The number of hydrogen-bond donors (Lipinski definition) is 0. The van der Waals surface area contributed by atoms with Crippen molar-refractivity contribution in [3.8, 4) is 0 Å². The molecule has 0 unspecified atom stereocenters. The highest BCUT2D eigenvalue weighted by Gasteiger charge is 2.00. The molecule has 0 nitrogen and oxygen atoms in total. The standard InChI is InChI=1S/C12H18.C2H6.CH4/c1-9(2)11-5-7-12(8-6-11)10(3)4;1-2;/h5-10H,1-4H3;1-2H3;1H4. The molecule has 1 rings (SSSR count). The first kappa shape index (κ1) is 16.6. The first-order valence-corrected chi connectivity index (χ1v) is 5.71. The Kier molecular flexibility index (Phi) is 9.46. The molecule has 0 fully saturated rings. The Hall–Kier alpha value is -0.780. The third-order valence-corrected chi connectivity index (χ3v) is 2.27. The van der Waals surface area contributed by atoms with Crippen LogP contribution in [0.3, 0.4) is 0 Å². The lowest BCUT2D eigenvalue weighted by atomic mass is 9.97. The molecule has 0 aliphatic carbocycles. The Morgan fingerprint density at radius 3 is 1.00 bits per heavy atom. The molecule has 1 aromatic rings. The summed E-state index contributed by atoms with van der Waals surface area (Å²) < 4.78 is 0. The van der Waals surface area contributed by atoms with Gasteiger partial charge in [-0.3, -0.25) is 0 Å². The largest absolute Gasteiger partial charge is 0.0776 e. The predicted molar refractivity (Wildman–Crippen MR) is 72.7 cm³/mol. The third kappa shape index (κ3) is 5.61. The van der Waals surface area contributed by atoms with Crippen molar-refractivity contribution in [2.45, 2.75) is 60.8 Å². The minimum atomic E-state index is 0. The van der Waals surface area contributed by atoms with Gasteiger partial charge >= 0.3 is 0 Å². The minimum Gasteiger partial charge on any atom is -0.0776 e. The molecule has 0 heteroatoms. The van der Waals surface area contributed by atoms with Crippen molar-refractivity contribution in [1.29, 1.82) is 0 Å². The zero-order chi connectivity index (χ0) is 11.1. The minimum absolute atomic E-state index is 0. The topological polar surface area (TPSA) is 0 Å². The number of benzene rings is 1. The van der Waals surface area contributed by atoms with E-state index < -0.39 is 0 Å². The summed E-state index contributed by atoms with van der Waals surface area (Å²) in [7, 11) is 0. The van der Waals surface area contributed by atoms with Crippen molar-refractivity contribution in [3.05, 3.63) is 35.4 Å². The van der Waals surface area contributed by atoms with Crippen LogP contribution >= 0.6 is 0 Å². The van der Waals surface area contributed by atoms with Crippen molar-refractivity contribution in [1.82, 2.24) is 0 Å². The Balaban J connectivity index is 0. The molecule has 0 heterocycles. The van der Waals surface area contributed by atoms with Crippen LogP contribution in [0.15, 0.2) is 24.3 Å². The van der Waals surface area contributed by atoms with Gasteiger partial charge in [0.1, 0.15) is 0 Å². The van der Waals surface area contributed by atoms with E-state index in [0.717, 1.165) is 0 Å². The Labute approximate surface area is 96.7 Å². The molecule has 0 N–H and O–H groups in total. The summed E-state index contributed by atoms with van der Waals surface area (Å²) in [5.74, 6) is 1.29. The van der Waals surface area contributed by atoms with E-state index in [1.165, 1.54) is 11.1 Å². The van der Waals surface area contributed by atoms with Gasteiger partial charge in [-0.1, -0.05) is 73.2 Å². The molecule has 0 bridgehead atoms. The van der Waals surface area contributed by atoms with Crippen molar-refractivity contribution >= 4 is 0 Å². The van der Waals surface area contributed by atoms with Gasteiger partial charge in [0.05, 0.1) is 0 Å². The van der Waals surface area contributed by atoms with Gasteiger partial charge < -0.3 is 0 Å². The van der Waals surface area contributed by atoms with E-state index in [1.807, 2.05) is 13.8 Å². The summed E-state index contributed by atoms with van der Waals surface area (Å²) in [6.07, 6.45) is 0. The van der Waals surface area contributed by atoms with Gasteiger partial charge in [0, 0.05) is 0 Å². The molecule has 0 aliphatic heterocycles. The second-order valence-electron chi connectivity index (χ2n) is 3.98. The molecule has 15 heavy (non-hydrogen) atoms. The van der Waals surface area contributed by atoms with E-state index in [-0.39, 0.29) is 7.43 Å². The summed E-state index contributed by atoms with van der Waals surface area (Å²) in [5, 5.41) is 0. The first-order chi connectivity index (χ1) is 6.61. The van der Waals surface area contributed by atoms with E-state index in [4.69, 9.17) is 0 Å². The van der Waals surface area contributed by atoms with E-state index >= 15 is 0 Å². The zero-order valence-electron chi connectivity index (χ0n) is 10.5. The lowest BCUT2D eigenvalue weighted by molar-refractivity contribution is 0.845. The Morgan fingerprint density at radius 2 is 0.867 bits per heavy atom. The quantitative estimate of drug-likeness (QED) is 0.594. The van der Waals surface area contributed by atoms with Crippen molar-refractivity contribution in [2.75, 3.05) is 0 Å². The number of hydrogen-bond acceptors (Lipinski definition) is 0. The SMILES string of the molecule is C.CC.CC(C)c1ccc(C(C)C)cc1. The zero-order valence-corrected chi connectivity index (χ0v) is 10.5. The maximum Gasteiger partial charge on any atom is -0.0219 e. The lowest BCUT2D eigenvalue weighted by Gasteiger charge is -2.08. The van der Waals surface area contributed by atoms with Gasteiger partial charge in [-0.15, -0.1) is 0 Å². The van der Waals surface area contributed by atoms with Crippen molar-refractivity contribution < 1.29 is 0 Å². The molecule has 0 atom stereocenters. The first-order valence-electron chi connectivity index (χ1n) is 5.71. The molecule has 0 amide bonds. The summed E-state index contributed by atoms with van der Waals surface area (Å²) in [6, 6.07) is 8.94. The van der Waals surface area contributed by atoms with Gasteiger partial charge in [-0.2, -0.15) is 0 Å². The molecular weight excluding hydrogens is 180 g/mol. The van der Waals surface area contributed by atoms with Gasteiger partial charge in [-0.05, 0) is 23.0 Å². The third-order valence-electron chi connectivity index (χ3n) is 2.27. The van der Waals surface area contributed by atoms with Crippen LogP contribution < -0.4 is 0 Å². The number of rotatable bonds is 2. The van der Waals surface area contributed by atoms with E-state index in [0.29, 0.717) is 11.8 Å². The van der Waals surface area contributed by atoms with Crippen LogP contribution in [0.5, 0.6) is 0 Å². The van der Waals surface area contributed by atoms with Gasteiger partial charge in [0.2, 0.25) is 0 Å². The normalized spacial score (nSPS) is 9.33. The Morgan fingerprint density at radius 1 is 0.667 bits per heavy atom. The molecule has 0 spiro atoms. The monoisotopic (exact) mass is 208 g/mol. The van der Waals surface area contributed by atoms with Gasteiger partial charge in [-0.25, -0.2) is 0 Å². The molecule has 0 aromatic heterocycles. The fraction of sp³-hybridized carbons (Fsp3) is 0.600. The van der Waals surface area contributed by atoms with E-state index in [9.17, 15) is 0 Å². The van der Waals surface area contributed by atoms with Gasteiger partial charge in [0.15, 0.2) is 0 Å². The summed E-state index contributed by atoms with van der Waals surface area (Å²) >= 11 is 0. The highest BCUT2D eigenvalue weighted by Crippen LogP contribution is 2.18. The molecule has 88 valence electrons. The Bertz CT molecular complexity index is 202. The van der Waals surface area contributed by atoms with Crippen LogP contribution in [0.4, 0.5) is 0 Å². The highest BCUT2D eigenvalue weighted by molar-refractivity contribution is 5.26.